The molecule has 0 aliphatic carbocycles. The lowest BCUT2D eigenvalue weighted by molar-refractivity contribution is -0.116. The average molecular weight is 425 g/mol. The summed E-state index contributed by atoms with van der Waals surface area (Å²) in [5.41, 5.74) is 1.69. The van der Waals surface area contributed by atoms with Crippen LogP contribution in [0.3, 0.4) is 0 Å². The van der Waals surface area contributed by atoms with E-state index in [1.807, 2.05) is 0 Å². The highest BCUT2D eigenvalue weighted by Crippen LogP contribution is 2.24. The number of nitrogens with one attached hydrogen (secondary N) is 1. The number of hydrogen-bond acceptors (Lipinski definition) is 5. The number of nitrogens with zero attached hydrogens (tertiary/aromatic N) is 1. The molecule has 28 heavy (non-hydrogen) atoms. The molecule has 0 saturated carbocycles. The van der Waals surface area contributed by atoms with Crippen molar-refractivity contribution >= 4 is 44.9 Å². The zero-order valence-electron chi connectivity index (χ0n) is 15.9. The number of ether oxygens (including phenoxy) is 1. The summed E-state index contributed by atoms with van der Waals surface area (Å²) in [4.78, 5) is 24.5. The molecule has 0 aromatic heterocycles. The van der Waals surface area contributed by atoms with Crippen LogP contribution in [-0.2, 0) is 19.6 Å². The number of methoxy groups -OCH3 is 1. The van der Waals surface area contributed by atoms with Gasteiger partial charge in [0, 0.05) is 10.7 Å². The van der Waals surface area contributed by atoms with Crippen molar-refractivity contribution in [2.24, 2.45) is 0 Å². The molecule has 2 rings (SSSR count). The molecule has 0 radical (unpaired) electrons. The van der Waals surface area contributed by atoms with Gasteiger partial charge in [-0.1, -0.05) is 17.7 Å². The van der Waals surface area contributed by atoms with Gasteiger partial charge >= 0.3 is 5.97 Å². The van der Waals surface area contributed by atoms with E-state index in [0.29, 0.717) is 22.0 Å². The summed E-state index contributed by atoms with van der Waals surface area (Å²) in [6, 6.07) is 9.83. The van der Waals surface area contributed by atoms with Crippen molar-refractivity contribution in [1.29, 1.82) is 0 Å². The zero-order valence-corrected chi connectivity index (χ0v) is 17.5. The van der Waals surface area contributed by atoms with Gasteiger partial charge < -0.3 is 10.1 Å². The van der Waals surface area contributed by atoms with E-state index in [0.717, 1.165) is 10.6 Å². The summed E-state index contributed by atoms with van der Waals surface area (Å²) in [7, 11) is -2.49. The molecular formula is C19H21ClN2O5S. The fourth-order valence-electron chi connectivity index (χ4n) is 2.64. The maximum atomic E-state index is 12.8. The predicted molar refractivity (Wildman–Crippen MR) is 109 cm³/mol. The fraction of sp³-hybridized carbons (Fsp3) is 0.263. The Morgan fingerprint density at radius 1 is 1.14 bits per heavy atom. The Morgan fingerprint density at radius 3 is 2.29 bits per heavy atom. The van der Waals surface area contributed by atoms with Crippen molar-refractivity contribution in [2.75, 3.05) is 23.0 Å². The van der Waals surface area contributed by atoms with Gasteiger partial charge in [-0.15, -0.1) is 0 Å². The third kappa shape index (κ3) is 5.02. The third-order valence-corrected chi connectivity index (χ3v) is 5.58. The first kappa shape index (κ1) is 21.7. The number of sulfonamides is 1. The first-order valence-electron chi connectivity index (χ1n) is 8.29. The van der Waals surface area contributed by atoms with Crippen LogP contribution in [-0.4, -0.2) is 39.7 Å². The van der Waals surface area contributed by atoms with Crippen molar-refractivity contribution in [3.63, 3.8) is 0 Å². The molecule has 0 aliphatic heterocycles. The summed E-state index contributed by atoms with van der Waals surface area (Å²) in [5, 5.41) is 3.13. The molecule has 150 valence electrons. The Bertz CT molecular complexity index is 990. The summed E-state index contributed by atoms with van der Waals surface area (Å²) in [5.74, 6) is -1.09. The number of anilines is 2. The molecule has 1 N–H and O–H groups in total. The van der Waals surface area contributed by atoms with Gasteiger partial charge in [-0.3, -0.25) is 9.10 Å². The molecular weight excluding hydrogens is 404 g/mol. The number of amides is 1. The van der Waals surface area contributed by atoms with Crippen molar-refractivity contribution in [1.82, 2.24) is 0 Å². The van der Waals surface area contributed by atoms with Crippen LogP contribution in [0, 0.1) is 6.92 Å². The maximum absolute atomic E-state index is 12.8. The van der Waals surface area contributed by atoms with Crippen LogP contribution in [0.1, 0.15) is 22.8 Å². The Hall–Kier alpha value is -2.58. The summed E-state index contributed by atoms with van der Waals surface area (Å²) < 4.78 is 30.3. The number of benzene rings is 2. The summed E-state index contributed by atoms with van der Waals surface area (Å²) in [6.45, 7) is 3.24. The minimum atomic E-state index is -3.75. The molecule has 0 fully saturated rings. The zero-order chi connectivity index (χ0) is 21.1. The van der Waals surface area contributed by atoms with Crippen LogP contribution in [0.4, 0.5) is 11.4 Å². The molecule has 9 heteroatoms. The van der Waals surface area contributed by atoms with Crippen LogP contribution in [0.5, 0.6) is 0 Å². The lowest BCUT2D eigenvalue weighted by atomic mass is 10.1. The second-order valence-corrected chi connectivity index (χ2v) is 8.52. The van der Waals surface area contributed by atoms with Crippen LogP contribution in [0.2, 0.25) is 5.02 Å². The van der Waals surface area contributed by atoms with Gasteiger partial charge in [0.2, 0.25) is 15.9 Å². The quantitative estimate of drug-likeness (QED) is 0.718. The van der Waals surface area contributed by atoms with Crippen LogP contribution in [0.15, 0.2) is 42.5 Å². The molecule has 0 saturated heterocycles. The minimum absolute atomic E-state index is 0.272. The van der Waals surface area contributed by atoms with E-state index in [9.17, 15) is 18.0 Å². The average Bonchev–Trinajstić information content (AvgIpc) is 2.63. The lowest BCUT2D eigenvalue weighted by Crippen LogP contribution is -2.45. The summed E-state index contributed by atoms with van der Waals surface area (Å²) in [6.07, 6.45) is 1.02. The van der Waals surface area contributed by atoms with E-state index in [-0.39, 0.29) is 5.56 Å². The smallest absolute Gasteiger partial charge is 0.337 e. The van der Waals surface area contributed by atoms with Crippen LogP contribution >= 0.6 is 11.6 Å². The normalized spacial score (nSPS) is 12.2. The molecule has 2 aromatic rings. The third-order valence-electron chi connectivity index (χ3n) is 4.09. The van der Waals surface area contributed by atoms with Crippen LogP contribution < -0.4 is 9.62 Å². The molecule has 7 nitrogen and oxygen atoms in total. The largest absolute Gasteiger partial charge is 0.465 e. The molecule has 2 aromatic carbocycles. The Balaban J connectivity index is 2.34. The summed E-state index contributed by atoms with van der Waals surface area (Å²) >= 11 is 5.86. The highest BCUT2D eigenvalue weighted by molar-refractivity contribution is 7.92. The van der Waals surface area contributed by atoms with Gasteiger partial charge in [0.05, 0.1) is 24.6 Å². The van der Waals surface area contributed by atoms with E-state index >= 15 is 0 Å². The lowest BCUT2D eigenvalue weighted by Gasteiger charge is -2.28. The second-order valence-electron chi connectivity index (χ2n) is 6.22. The van der Waals surface area contributed by atoms with Gasteiger partial charge in [0.15, 0.2) is 0 Å². The molecule has 0 unspecified atom stereocenters. The van der Waals surface area contributed by atoms with Crippen molar-refractivity contribution in [3.05, 3.63) is 58.6 Å². The van der Waals surface area contributed by atoms with Gasteiger partial charge in [0.25, 0.3) is 0 Å². The minimum Gasteiger partial charge on any atom is -0.465 e. The Kier molecular flexibility index (Phi) is 6.69. The molecule has 0 spiro atoms. The monoisotopic (exact) mass is 424 g/mol. The molecule has 0 heterocycles. The first-order valence-corrected chi connectivity index (χ1v) is 10.5. The van der Waals surface area contributed by atoms with Crippen molar-refractivity contribution < 1.29 is 22.7 Å². The number of carbonyl (C=O) groups is 2. The molecule has 0 aliphatic rings. The first-order chi connectivity index (χ1) is 13.0. The number of hydrogen-bond donors (Lipinski definition) is 1. The topological polar surface area (TPSA) is 92.8 Å². The van der Waals surface area contributed by atoms with Crippen molar-refractivity contribution in [2.45, 2.75) is 19.9 Å². The number of esters is 1. The van der Waals surface area contributed by atoms with E-state index in [1.54, 1.807) is 31.2 Å². The standard InChI is InChI=1S/C19H21ClN2O5S/c1-12-5-6-14(19(24)27-3)11-17(12)21-18(23)13(2)22(28(4,25)26)16-9-7-15(20)8-10-16/h5-11,13H,1-4H3,(H,21,23)/t13-/m1/s1. The van der Waals surface area contributed by atoms with E-state index in [1.165, 1.54) is 32.2 Å². The van der Waals surface area contributed by atoms with Crippen LogP contribution in [0.25, 0.3) is 0 Å². The number of halogens is 1. The highest BCUT2D eigenvalue weighted by atomic mass is 35.5. The Labute approximate surface area is 169 Å². The fourth-order valence-corrected chi connectivity index (χ4v) is 3.94. The maximum Gasteiger partial charge on any atom is 0.337 e. The SMILES string of the molecule is COC(=O)c1ccc(C)c(NC(=O)[C@@H](C)N(c2ccc(Cl)cc2)S(C)(=O)=O)c1. The van der Waals surface area contributed by atoms with Gasteiger partial charge in [-0.25, -0.2) is 13.2 Å². The number of carbonyl (C=O) groups excluding carboxylic acids is 2. The van der Waals surface area contributed by atoms with Gasteiger partial charge in [-0.2, -0.15) is 0 Å². The second kappa shape index (κ2) is 8.62. The van der Waals surface area contributed by atoms with E-state index in [4.69, 9.17) is 11.6 Å². The van der Waals surface area contributed by atoms with E-state index in [2.05, 4.69) is 10.1 Å². The Morgan fingerprint density at radius 2 is 1.75 bits per heavy atom. The molecule has 1 amide bonds. The highest BCUT2D eigenvalue weighted by Gasteiger charge is 2.29. The number of aryl methyl sites for hydroxylation is 1. The van der Waals surface area contributed by atoms with Gasteiger partial charge in [-0.05, 0) is 55.8 Å². The number of rotatable bonds is 6. The molecule has 0 bridgehead atoms. The van der Waals surface area contributed by atoms with Crippen molar-refractivity contribution in [3.8, 4) is 0 Å². The van der Waals surface area contributed by atoms with Gasteiger partial charge in [0.1, 0.15) is 6.04 Å². The van der Waals surface area contributed by atoms with E-state index < -0.39 is 27.9 Å². The molecule has 1 atom stereocenters. The predicted octanol–water partition coefficient (Wildman–Crippen LogP) is 3.23.